The first-order valence-electron chi connectivity index (χ1n) is 8.81. The molecule has 0 unspecified atom stereocenters. The molecule has 0 fully saturated rings. The summed E-state index contributed by atoms with van der Waals surface area (Å²) in [6.07, 6.45) is 1.90. The van der Waals surface area contributed by atoms with Crippen molar-refractivity contribution in [3.05, 3.63) is 10.4 Å². The molecule has 2 aromatic rings. The number of hydrogen-bond acceptors (Lipinski definition) is 8. The van der Waals surface area contributed by atoms with Crippen LogP contribution in [0, 0.1) is 0 Å². The van der Waals surface area contributed by atoms with E-state index in [2.05, 4.69) is 20.8 Å². The van der Waals surface area contributed by atoms with Crippen LogP contribution in [-0.2, 0) is 27.3 Å². The molecule has 0 N–H and O–H groups in total. The van der Waals surface area contributed by atoms with Crippen molar-refractivity contribution in [1.29, 1.82) is 0 Å². The average molecular weight is 413 g/mol. The van der Waals surface area contributed by atoms with E-state index in [-0.39, 0.29) is 17.3 Å². The highest BCUT2D eigenvalue weighted by Gasteiger charge is 2.31. The first kappa shape index (κ1) is 19.9. The van der Waals surface area contributed by atoms with Crippen LogP contribution in [-0.4, -0.2) is 39.7 Å². The fraction of sp³-hybridized carbons (Fsp3) is 0.611. The number of rotatable bonds is 7. The third-order valence-electron chi connectivity index (χ3n) is 3.94. The Morgan fingerprint density at radius 1 is 1.31 bits per heavy atom. The molecule has 26 heavy (non-hydrogen) atoms. The summed E-state index contributed by atoms with van der Waals surface area (Å²) in [4.78, 5) is 23.6. The molecule has 0 amide bonds. The highest BCUT2D eigenvalue weighted by atomic mass is 32.2. The van der Waals surface area contributed by atoms with E-state index in [1.165, 1.54) is 22.2 Å². The largest absolute Gasteiger partial charge is 0.465 e. The number of hydrogen-bond donors (Lipinski definition) is 0. The minimum atomic E-state index is -0.209. The van der Waals surface area contributed by atoms with Crippen molar-refractivity contribution >= 4 is 51.0 Å². The molecule has 0 bridgehead atoms. The quantitative estimate of drug-likeness (QED) is 0.283. The molecule has 3 rings (SSSR count). The fourth-order valence-corrected chi connectivity index (χ4v) is 5.62. The van der Waals surface area contributed by atoms with Crippen molar-refractivity contribution in [1.82, 2.24) is 9.97 Å². The molecule has 0 saturated carbocycles. The minimum absolute atomic E-state index is 0.195. The first-order valence-corrected chi connectivity index (χ1v) is 11.6. The van der Waals surface area contributed by atoms with Gasteiger partial charge in [0.2, 0.25) is 0 Å². The number of aromatic nitrogens is 2. The smallest absolute Gasteiger partial charge is 0.316 e. The van der Waals surface area contributed by atoms with E-state index in [0.29, 0.717) is 13.2 Å². The van der Waals surface area contributed by atoms with Crippen LogP contribution in [0.2, 0.25) is 0 Å². The lowest BCUT2D eigenvalue weighted by molar-refractivity contribution is -0.139. The zero-order valence-corrected chi connectivity index (χ0v) is 18.0. The highest BCUT2D eigenvalue weighted by molar-refractivity contribution is 8.00. The number of carbonyl (C=O) groups excluding carboxylic acids is 1. The van der Waals surface area contributed by atoms with Crippen molar-refractivity contribution in [2.24, 2.45) is 0 Å². The van der Waals surface area contributed by atoms with Crippen LogP contribution in [0.1, 0.15) is 44.6 Å². The molecular weight excluding hydrogens is 388 g/mol. The molecule has 2 aromatic heterocycles. The Balaban J connectivity index is 2.00. The Morgan fingerprint density at radius 3 is 2.85 bits per heavy atom. The third kappa shape index (κ3) is 4.52. The zero-order valence-electron chi connectivity index (χ0n) is 15.6. The number of fused-ring (bicyclic) bond motifs is 3. The average Bonchev–Trinajstić information content (AvgIpc) is 2.94. The van der Waals surface area contributed by atoms with Gasteiger partial charge in [0, 0.05) is 22.4 Å². The summed E-state index contributed by atoms with van der Waals surface area (Å²) in [5.41, 5.74) is 1.08. The lowest BCUT2D eigenvalue weighted by Crippen LogP contribution is -2.31. The van der Waals surface area contributed by atoms with E-state index in [9.17, 15) is 4.79 Å². The van der Waals surface area contributed by atoms with Gasteiger partial charge in [-0.1, -0.05) is 30.4 Å². The summed E-state index contributed by atoms with van der Waals surface area (Å²) < 4.78 is 11.0. The fourth-order valence-electron chi connectivity index (χ4n) is 2.79. The van der Waals surface area contributed by atoms with Gasteiger partial charge in [0.15, 0.2) is 5.16 Å². The van der Waals surface area contributed by atoms with Crippen LogP contribution in [0.3, 0.4) is 0 Å². The number of nitrogens with zero attached hydrogens (tertiary/aromatic N) is 2. The van der Waals surface area contributed by atoms with Crippen LogP contribution < -0.4 is 0 Å². The summed E-state index contributed by atoms with van der Waals surface area (Å²) in [7, 11) is 0. The van der Waals surface area contributed by atoms with Gasteiger partial charge in [-0.3, -0.25) is 4.79 Å². The van der Waals surface area contributed by atoms with Gasteiger partial charge in [-0.25, -0.2) is 9.97 Å². The van der Waals surface area contributed by atoms with Crippen LogP contribution >= 0.6 is 34.9 Å². The van der Waals surface area contributed by atoms with Gasteiger partial charge < -0.3 is 9.47 Å². The lowest BCUT2D eigenvalue weighted by Gasteiger charge is -2.30. The summed E-state index contributed by atoms with van der Waals surface area (Å²) >= 11 is 4.80. The van der Waals surface area contributed by atoms with E-state index >= 15 is 0 Å². The Kier molecular flexibility index (Phi) is 6.48. The van der Waals surface area contributed by atoms with Gasteiger partial charge in [-0.15, -0.1) is 11.3 Å². The van der Waals surface area contributed by atoms with Gasteiger partial charge in [0.1, 0.15) is 9.86 Å². The molecule has 0 spiro atoms. The topological polar surface area (TPSA) is 61.3 Å². The minimum Gasteiger partial charge on any atom is -0.465 e. The van der Waals surface area contributed by atoms with Gasteiger partial charge >= 0.3 is 5.97 Å². The number of ether oxygens (including phenoxy) is 2. The van der Waals surface area contributed by atoms with E-state index in [0.717, 1.165) is 39.0 Å². The maximum atomic E-state index is 11.8. The maximum Gasteiger partial charge on any atom is 0.316 e. The second-order valence-corrected chi connectivity index (χ2v) is 9.77. The van der Waals surface area contributed by atoms with Crippen molar-refractivity contribution in [2.45, 2.75) is 62.9 Å². The van der Waals surface area contributed by atoms with E-state index in [1.54, 1.807) is 23.1 Å². The molecule has 0 radical (unpaired) electrons. The molecule has 3 heterocycles. The normalized spacial score (nSPS) is 15.8. The second kappa shape index (κ2) is 8.46. The van der Waals surface area contributed by atoms with Gasteiger partial charge in [0.05, 0.1) is 24.6 Å². The molecule has 8 heteroatoms. The maximum absolute atomic E-state index is 11.8. The second-order valence-electron chi connectivity index (χ2n) is 6.66. The molecular formula is C18H24N2O3S3. The lowest BCUT2D eigenvalue weighted by atomic mass is 9.95. The number of thiophene rings is 1. The summed E-state index contributed by atoms with van der Waals surface area (Å²) in [6, 6.07) is 0. The van der Waals surface area contributed by atoms with Crippen molar-refractivity contribution in [2.75, 3.05) is 18.1 Å². The Labute approximate surface area is 166 Å². The van der Waals surface area contributed by atoms with Crippen LogP contribution in [0.15, 0.2) is 10.2 Å². The molecule has 1 aliphatic heterocycles. The molecule has 0 aliphatic carbocycles. The Bertz CT molecular complexity index is 805. The first-order chi connectivity index (χ1) is 12.4. The molecule has 1 aliphatic rings. The molecule has 0 atom stereocenters. The van der Waals surface area contributed by atoms with Crippen LogP contribution in [0.4, 0.5) is 0 Å². The summed E-state index contributed by atoms with van der Waals surface area (Å²) in [5, 5.41) is 2.76. The predicted octanol–water partition coefficient (Wildman–Crippen LogP) is 4.70. The number of thioether (sulfide) groups is 2. The van der Waals surface area contributed by atoms with E-state index in [4.69, 9.17) is 19.4 Å². The van der Waals surface area contributed by atoms with Crippen molar-refractivity contribution < 1.29 is 14.3 Å². The number of esters is 1. The van der Waals surface area contributed by atoms with Gasteiger partial charge in [-0.05, 0) is 32.8 Å². The molecule has 0 aromatic carbocycles. The van der Waals surface area contributed by atoms with E-state index < -0.39 is 0 Å². The molecule has 0 saturated heterocycles. The van der Waals surface area contributed by atoms with Crippen LogP contribution in [0.5, 0.6) is 0 Å². The van der Waals surface area contributed by atoms with Gasteiger partial charge in [-0.2, -0.15) is 0 Å². The third-order valence-corrected chi connectivity index (χ3v) is 7.05. The Hall–Kier alpha value is -0.830. The predicted molar refractivity (Wildman–Crippen MR) is 108 cm³/mol. The van der Waals surface area contributed by atoms with Crippen LogP contribution in [0.25, 0.3) is 10.2 Å². The zero-order chi connectivity index (χ0) is 18.7. The number of carbonyl (C=O) groups is 1. The van der Waals surface area contributed by atoms with Crippen molar-refractivity contribution in [3.8, 4) is 0 Å². The summed E-state index contributed by atoms with van der Waals surface area (Å²) in [6.45, 7) is 9.19. The van der Waals surface area contributed by atoms with E-state index in [1.807, 2.05) is 6.92 Å². The molecule has 142 valence electrons. The van der Waals surface area contributed by atoms with Gasteiger partial charge in [0.25, 0.3) is 0 Å². The Morgan fingerprint density at radius 2 is 2.12 bits per heavy atom. The highest BCUT2D eigenvalue weighted by Crippen LogP contribution is 2.42. The standard InChI is InChI=1S/C18H24N2O3S3/c1-5-7-24-17-19-15(25-10-13(21)22-6-2)14-11-8-18(3,4)23-9-12(11)26-16(14)20-17/h5-10H2,1-4H3. The summed E-state index contributed by atoms with van der Waals surface area (Å²) in [5.74, 6) is 1.04. The SMILES string of the molecule is CCCSc1nc(SCC(=O)OCC)c2c3c(sc2n1)COC(C)(C)C3. The molecule has 5 nitrogen and oxygen atoms in total. The van der Waals surface area contributed by atoms with Crippen molar-refractivity contribution in [3.63, 3.8) is 0 Å². The monoisotopic (exact) mass is 412 g/mol.